The Balaban J connectivity index is 1.38. The Morgan fingerprint density at radius 3 is 2.51 bits per heavy atom. The normalized spacial score (nSPS) is 16.7. The van der Waals surface area contributed by atoms with Crippen molar-refractivity contribution in [2.75, 3.05) is 0 Å². The molecule has 1 aliphatic rings. The third-order valence-corrected chi connectivity index (χ3v) is 9.10. The van der Waals surface area contributed by atoms with Crippen LogP contribution in [0.3, 0.4) is 0 Å². The highest BCUT2D eigenvalue weighted by atomic mass is 16.3. The summed E-state index contributed by atoms with van der Waals surface area (Å²) in [4.78, 5) is 10.3. The Morgan fingerprint density at radius 2 is 1.80 bits per heavy atom. The van der Waals surface area contributed by atoms with E-state index in [0.717, 1.165) is 70.6 Å². The van der Waals surface area contributed by atoms with Crippen molar-refractivity contribution >= 4 is 11.2 Å². The molecule has 0 spiro atoms. The first-order valence-corrected chi connectivity index (χ1v) is 14.6. The molecule has 2 atom stereocenters. The van der Waals surface area contributed by atoms with Gasteiger partial charge in [-0.15, -0.1) is 5.10 Å². The van der Waals surface area contributed by atoms with Crippen molar-refractivity contribution in [3.63, 3.8) is 0 Å². The van der Waals surface area contributed by atoms with E-state index in [4.69, 9.17) is 9.97 Å². The van der Waals surface area contributed by atoms with E-state index in [1.165, 1.54) is 11.1 Å². The molecule has 0 bridgehead atoms. The molecule has 1 aliphatic carbocycles. The van der Waals surface area contributed by atoms with E-state index in [1.807, 2.05) is 19.1 Å². The Hall–Kier alpha value is -3.91. The first kappa shape index (κ1) is 27.3. The van der Waals surface area contributed by atoms with Crippen LogP contribution in [0, 0.1) is 12.3 Å². The van der Waals surface area contributed by atoms with Gasteiger partial charge in [-0.1, -0.05) is 70.2 Å². The van der Waals surface area contributed by atoms with Crippen molar-refractivity contribution in [1.82, 2.24) is 35.2 Å². The van der Waals surface area contributed by atoms with E-state index in [0.29, 0.717) is 12.2 Å². The molecule has 0 fully saturated rings. The second-order valence-electron chi connectivity index (χ2n) is 12.6. The van der Waals surface area contributed by atoms with Gasteiger partial charge in [0.15, 0.2) is 11.5 Å². The van der Waals surface area contributed by atoms with Gasteiger partial charge in [0, 0.05) is 17.7 Å². The standard InChI is InChI=1S/C33H39N7O/c1-7-28-35-29-20(2)18-23(16-17-33(6,41)32(3,4)5)34-31(29)40(28)27-15-13-22-19-21(12-14-25(22)27)24-10-8-9-11-26(24)30-36-38-39-37-30/h8-12,14,18-19,27,41H,7,13,15-17H2,1-6H3,(H,36,37,38,39)/t27-,33?/m0/s1. The van der Waals surface area contributed by atoms with Crippen LogP contribution in [0.5, 0.6) is 0 Å². The number of aromatic nitrogens is 7. The van der Waals surface area contributed by atoms with Crippen LogP contribution < -0.4 is 0 Å². The van der Waals surface area contributed by atoms with Gasteiger partial charge in [-0.2, -0.15) is 0 Å². The molecule has 5 aromatic rings. The number of fused-ring (bicyclic) bond motifs is 2. The molecule has 8 nitrogen and oxygen atoms in total. The zero-order valence-corrected chi connectivity index (χ0v) is 24.9. The van der Waals surface area contributed by atoms with Crippen molar-refractivity contribution in [3.8, 4) is 22.5 Å². The second kappa shape index (κ2) is 10.2. The zero-order valence-electron chi connectivity index (χ0n) is 24.9. The maximum Gasteiger partial charge on any atom is 0.180 e. The molecule has 212 valence electrons. The highest BCUT2D eigenvalue weighted by Gasteiger charge is 2.35. The summed E-state index contributed by atoms with van der Waals surface area (Å²) in [5.74, 6) is 1.73. The fourth-order valence-electron chi connectivity index (χ4n) is 6.02. The number of benzene rings is 2. The zero-order chi connectivity index (χ0) is 28.9. The molecule has 3 aromatic heterocycles. The number of aromatic amines is 1. The van der Waals surface area contributed by atoms with Crippen LogP contribution in [-0.2, 0) is 19.3 Å². The van der Waals surface area contributed by atoms with E-state index in [9.17, 15) is 5.11 Å². The molecular formula is C33H39N7O. The second-order valence-corrected chi connectivity index (χ2v) is 12.6. The summed E-state index contributed by atoms with van der Waals surface area (Å²) in [6.07, 6.45) is 4.22. The van der Waals surface area contributed by atoms with E-state index in [2.05, 4.69) is 96.2 Å². The number of H-pyrrole nitrogens is 1. The molecule has 3 heterocycles. The van der Waals surface area contributed by atoms with E-state index < -0.39 is 5.60 Å². The SMILES string of the molecule is CCc1nc2c(C)cc(CCC(C)(O)C(C)(C)C)nc2n1[C@H]1CCc2cc(-c3ccccc3-c3nnn[nH]3)ccc21. The van der Waals surface area contributed by atoms with Gasteiger partial charge in [0.1, 0.15) is 11.3 Å². The number of imidazole rings is 1. The van der Waals surface area contributed by atoms with Crippen LogP contribution >= 0.6 is 0 Å². The van der Waals surface area contributed by atoms with Crippen LogP contribution in [0.4, 0.5) is 0 Å². The lowest BCUT2D eigenvalue weighted by atomic mass is 9.75. The van der Waals surface area contributed by atoms with Crippen molar-refractivity contribution in [2.45, 2.75) is 85.3 Å². The minimum Gasteiger partial charge on any atom is -0.390 e. The minimum atomic E-state index is -0.781. The Morgan fingerprint density at radius 1 is 1.02 bits per heavy atom. The number of hydrogen-bond donors (Lipinski definition) is 2. The molecule has 0 aliphatic heterocycles. The summed E-state index contributed by atoms with van der Waals surface area (Å²) < 4.78 is 2.38. The summed E-state index contributed by atoms with van der Waals surface area (Å²) in [5.41, 5.74) is 9.04. The molecule has 0 saturated carbocycles. The third-order valence-electron chi connectivity index (χ3n) is 9.10. The highest BCUT2D eigenvalue weighted by molar-refractivity contribution is 5.81. The van der Waals surface area contributed by atoms with Crippen LogP contribution in [0.1, 0.15) is 81.7 Å². The topological polar surface area (TPSA) is 105 Å². The summed E-state index contributed by atoms with van der Waals surface area (Å²) in [6, 6.07) is 17.4. The number of nitrogens with one attached hydrogen (secondary N) is 1. The molecule has 0 radical (unpaired) electrons. The Bertz CT molecular complexity index is 1710. The Labute approximate surface area is 241 Å². The molecular weight excluding hydrogens is 510 g/mol. The number of hydrogen-bond acceptors (Lipinski definition) is 6. The lowest BCUT2D eigenvalue weighted by Crippen LogP contribution is -2.40. The monoisotopic (exact) mass is 549 g/mol. The summed E-state index contributed by atoms with van der Waals surface area (Å²) in [6.45, 7) is 12.5. The van der Waals surface area contributed by atoms with Gasteiger partial charge in [-0.3, -0.25) is 0 Å². The van der Waals surface area contributed by atoms with Crippen LogP contribution in [0.25, 0.3) is 33.7 Å². The van der Waals surface area contributed by atoms with E-state index >= 15 is 0 Å². The molecule has 41 heavy (non-hydrogen) atoms. The minimum absolute atomic E-state index is 0.188. The largest absolute Gasteiger partial charge is 0.390 e. The molecule has 2 aromatic carbocycles. The number of pyridine rings is 1. The lowest BCUT2D eigenvalue weighted by Gasteiger charge is -2.37. The molecule has 8 heteroatoms. The van der Waals surface area contributed by atoms with E-state index in [-0.39, 0.29) is 11.5 Å². The first-order valence-electron chi connectivity index (χ1n) is 14.6. The van der Waals surface area contributed by atoms with Gasteiger partial charge < -0.3 is 9.67 Å². The van der Waals surface area contributed by atoms with Gasteiger partial charge in [0.05, 0.1) is 11.6 Å². The van der Waals surface area contributed by atoms with Crippen LogP contribution in [0.15, 0.2) is 48.5 Å². The van der Waals surface area contributed by atoms with Gasteiger partial charge in [-0.05, 0) is 89.3 Å². The average molecular weight is 550 g/mol. The molecule has 6 rings (SSSR count). The summed E-state index contributed by atoms with van der Waals surface area (Å²) >= 11 is 0. The number of tetrazole rings is 1. The van der Waals surface area contributed by atoms with Crippen LogP contribution in [-0.4, -0.2) is 45.9 Å². The quantitative estimate of drug-likeness (QED) is 0.243. The summed E-state index contributed by atoms with van der Waals surface area (Å²) in [7, 11) is 0. The predicted octanol–water partition coefficient (Wildman–Crippen LogP) is 6.41. The van der Waals surface area contributed by atoms with Gasteiger partial charge in [0.2, 0.25) is 0 Å². The predicted molar refractivity (Wildman–Crippen MR) is 162 cm³/mol. The number of rotatable bonds is 7. The number of aryl methyl sites for hydroxylation is 4. The van der Waals surface area contributed by atoms with Gasteiger partial charge in [-0.25, -0.2) is 15.1 Å². The van der Waals surface area contributed by atoms with Crippen LogP contribution in [0.2, 0.25) is 0 Å². The molecule has 2 N–H and O–H groups in total. The van der Waals surface area contributed by atoms with Crippen molar-refractivity contribution in [3.05, 3.63) is 76.7 Å². The molecule has 1 unspecified atom stereocenters. The van der Waals surface area contributed by atoms with Gasteiger partial charge >= 0.3 is 0 Å². The average Bonchev–Trinajstić information content (AvgIpc) is 3.69. The molecule has 0 amide bonds. The lowest BCUT2D eigenvalue weighted by molar-refractivity contribution is -0.0477. The van der Waals surface area contributed by atoms with Gasteiger partial charge in [0.25, 0.3) is 0 Å². The van der Waals surface area contributed by atoms with Crippen molar-refractivity contribution in [2.24, 2.45) is 5.41 Å². The Kier molecular flexibility index (Phi) is 6.77. The van der Waals surface area contributed by atoms with Crippen molar-refractivity contribution in [1.29, 1.82) is 0 Å². The first-order chi connectivity index (χ1) is 19.6. The third kappa shape index (κ3) is 4.84. The van der Waals surface area contributed by atoms with Crippen molar-refractivity contribution < 1.29 is 5.11 Å². The maximum absolute atomic E-state index is 11.1. The van der Waals surface area contributed by atoms with E-state index in [1.54, 1.807) is 0 Å². The number of aliphatic hydroxyl groups is 1. The fraction of sp³-hybridized carbons (Fsp3) is 0.424. The maximum atomic E-state index is 11.1. The highest BCUT2D eigenvalue weighted by Crippen LogP contribution is 2.41. The molecule has 0 saturated heterocycles. The number of nitrogens with zero attached hydrogens (tertiary/aromatic N) is 6. The summed E-state index contributed by atoms with van der Waals surface area (Å²) in [5, 5.41) is 25.7. The fourth-order valence-corrected chi connectivity index (χ4v) is 6.02. The smallest absolute Gasteiger partial charge is 0.180 e.